The summed E-state index contributed by atoms with van der Waals surface area (Å²) >= 11 is 1.74. The molecule has 0 bridgehead atoms. The van der Waals surface area contributed by atoms with Gasteiger partial charge in [-0.3, -0.25) is 4.57 Å². The summed E-state index contributed by atoms with van der Waals surface area (Å²) < 4.78 is 11.1. The molecule has 0 unspecified atom stereocenters. The predicted molar refractivity (Wildman–Crippen MR) is 217 cm³/mol. The minimum absolute atomic E-state index is 0.113. The Balaban J connectivity index is 1.19. The van der Waals surface area contributed by atoms with Crippen LogP contribution in [0.1, 0.15) is 25.0 Å². The fourth-order valence-electron chi connectivity index (χ4n) is 9.09. The van der Waals surface area contributed by atoms with E-state index in [1.807, 2.05) is 12.1 Å². The van der Waals surface area contributed by atoms with Gasteiger partial charge in [-0.15, -0.1) is 11.3 Å². The number of thiophene rings is 1. The fourth-order valence-corrected chi connectivity index (χ4v) is 10.2. The van der Waals surface area contributed by atoms with Gasteiger partial charge in [0.15, 0.2) is 0 Å². The van der Waals surface area contributed by atoms with Crippen LogP contribution in [0, 0.1) is 0 Å². The highest BCUT2D eigenvalue weighted by atomic mass is 32.1. The van der Waals surface area contributed by atoms with Gasteiger partial charge >= 0.3 is 0 Å². The molecule has 0 spiro atoms. The van der Waals surface area contributed by atoms with Gasteiger partial charge in [0.1, 0.15) is 11.2 Å². The summed E-state index contributed by atoms with van der Waals surface area (Å²) in [5, 5.41) is 8.22. The average molecular weight is 684 g/mol. The third-order valence-electron chi connectivity index (χ3n) is 11.4. The number of benzene rings is 7. The molecule has 0 aliphatic heterocycles. The van der Waals surface area contributed by atoms with Crippen LogP contribution in [0.2, 0.25) is 0 Å². The highest BCUT2D eigenvalue weighted by molar-refractivity contribution is 7.26. The largest absolute Gasteiger partial charge is 0.455 e. The SMILES string of the molecule is CC1(C)c2ccccc2-c2ccc3cc4c(cc3c21)c1ccccc1n4-c1nc(-c2cccc3c2oc2ccccc23)c2sc3ccccc3c2n1. The molecule has 11 aromatic rings. The van der Waals surface area contributed by atoms with Crippen LogP contribution in [0.25, 0.3) is 103 Å². The molecule has 1 aliphatic carbocycles. The Hall–Kier alpha value is -6.30. The summed E-state index contributed by atoms with van der Waals surface area (Å²) in [6.07, 6.45) is 0. The molecule has 0 fully saturated rings. The van der Waals surface area contributed by atoms with Crippen molar-refractivity contribution in [3.05, 3.63) is 151 Å². The van der Waals surface area contributed by atoms with Crippen molar-refractivity contribution in [2.45, 2.75) is 19.3 Å². The molecule has 4 heterocycles. The van der Waals surface area contributed by atoms with E-state index < -0.39 is 0 Å². The minimum atomic E-state index is -0.113. The summed E-state index contributed by atoms with van der Waals surface area (Å²) in [7, 11) is 0. The van der Waals surface area contributed by atoms with E-state index in [4.69, 9.17) is 14.4 Å². The lowest BCUT2D eigenvalue weighted by Crippen LogP contribution is -2.15. The molecule has 0 atom stereocenters. The standard InChI is InChI=1S/C47H29N3OS/c1-47(2)36-18-7-3-12-27(36)30-23-22-26-24-38-35(25-34(26)41(30)47)28-13-4-8-19-37(28)50(38)46-48-42-32-15-6-10-21-40(32)52-45(42)43(49-46)33-17-11-16-31-29-14-5-9-20-39(29)51-44(31)33/h3-25H,1-2H3. The minimum Gasteiger partial charge on any atom is -0.455 e. The Morgan fingerprint density at radius 2 is 1.33 bits per heavy atom. The number of para-hydroxylation sites is 3. The Morgan fingerprint density at radius 1 is 0.577 bits per heavy atom. The lowest BCUT2D eigenvalue weighted by molar-refractivity contribution is 0.666. The smallest absolute Gasteiger partial charge is 0.235 e. The van der Waals surface area contributed by atoms with Crippen molar-refractivity contribution in [2.75, 3.05) is 0 Å². The molecule has 5 heteroatoms. The fraction of sp³-hybridized carbons (Fsp3) is 0.0638. The molecule has 7 aromatic carbocycles. The number of hydrogen-bond donors (Lipinski definition) is 0. The number of nitrogens with zero attached hydrogens (tertiary/aromatic N) is 3. The maximum atomic E-state index is 6.59. The molecule has 0 amide bonds. The van der Waals surface area contributed by atoms with Crippen molar-refractivity contribution in [3.8, 4) is 28.3 Å². The van der Waals surface area contributed by atoms with Gasteiger partial charge in [-0.2, -0.15) is 0 Å². The van der Waals surface area contributed by atoms with E-state index in [0.717, 1.165) is 59.8 Å². The number of aromatic nitrogens is 3. The third-order valence-corrected chi connectivity index (χ3v) is 12.6. The highest BCUT2D eigenvalue weighted by Gasteiger charge is 2.37. The second-order valence-corrected chi connectivity index (χ2v) is 15.6. The zero-order chi connectivity index (χ0) is 34.3. The molecule has 0 saturated carbocycles. The zero-order valence-corrected chi connectivity index (χ0v) is 29.3. The van der Waals surface area contributed by atoms with Crippen LogP contribution >= 0.6 is 11.3 Å². The summed E-state index contributed by atoms with van der Waals surface area (Å²) in [4.78, 5) is 11.0. The highest BCUT2D eigenvalue weighted by Crippen LogP contribution is 2.52. The third kappa shape index (κ3) is 3.60. The van der Waals surface area contributed by atoms with Crippen molar-refractivity contribution < 1.29 is 4.42 Å². The molecular formula is C47H29N3OS. The first-order valence-corrected chi connectivity index (χ1v) is 18.6. The zero-order valence-electron chi connectivity index (χ0n) is 28.4. The van der Waals surface area contributed by atoms with Crippen LogP contribution in [0.3, 0.4) is 0 Å². The van der Waals surface area contributed by atoms with Gasteiger partial charge in [-0.25, -0.2) is 9.97 Å². The molecule has 1 aliphatic rings. The molecular weight excluding hydrogens is 655 g/mol. The topological polar surface area (TPSA) is 43.9 Å². The van der Waals surface area contributed by atoms with E-state index in [1.165, 1.54) is 48.5 Å². The average Bonchev–Trinajstić information content (AvgIpc) is 3.90. The van der Waals surface area contributed by atoms with Crippen LogP contribution < -0.4 is 0 Å². The van der Waals surface area contributed by atoms with Gasteiger partial charge in [0.2, 0.25) is 5.95 Å². The number of hydrogen-bond acceptors (Lipinski definition) is 4. The molecule has 12 rings (SSSR count). The van der Waals surface area contributed by atoms with Gasteiger partial charge in [0, 0.05) is 42.6 Å². The molecule has 0 saturated heterocycles. The van der Waals surface area contributed by atoms with Gasteiger partial charge < -0.3 is 4.42 Å². The van der Waals surface area contributed by atoms with Crippen molar-refractivity contribution in [2.24, 2.45) is 0 Å². The molecule has 0 radical (unpaired) electrons. The molecule has 52 heavy (non-hydrogen) atoms. The lowest BCUT2D eigenvalue weighted by atomic mass is 9.80. The van der Waals surface area contributed by atoms with Crippen LogP contribution in [0.5, 0.6) is 0 Å². The van der Waals surface area contributed by atoms with Gasteiger partial charge in [-0.05, 0) is 69.4 Å². The Morgan fingerprint density at radius 3 is 2.25 bits per heavy atom. The van der Waals surface area contributed by atoms with Crippen LogP contribution in [0.15, 0.2) is 144 Å². The van der Waals surface area contributed by atoms with E-state index in [9.17, 15) is 0 Å². The molecule has 4 nitrogen and oxygen atoms in total. The summed E-state index contributed by atoms with van der Waals surface area (Å²) in [6, 6.07) is 50.1. The summed E-state index contributed by atoms with van der Waals surface area (Å²) in [5.74, 6) is 0.651. The van der Waals surface area contributed by atoms with Crippen molar-refractivity contribution in [1.29, 1.82) is 0 Å². The van der Waals surface area contributed by atoms with Gasteiger partial charge in [0.05, 0.1) is 26.9 Å². The van der Waals surface area contributed by atoms with Crippen LogP contribution in [0.4, 0.5) is 0 Å². The summed E-state index contributed by atoms with van der Waals surface area (Å²) in [6.45, 7) is 4.73. The number of furan rings is 1. The van der Waals surface area contributed by atoms with Crippen LogP contribution in [-0.2, 0) is 5.41 Å². The second-order valence-electron chi connectivity index (χ2n) is 14.5. The van der Waals surface area contributed by atoms with Crippen molar-refractivity contribution in [1.82, 2.24) is 14.5 Å². The second kappa shape index (κ2) is 9.93. The Bertz CT molecular complexity index is 3340. The van der Waals surface area contributed by atoms with E-state index in [2.05, 4.69) is 146 Å². The normalized spacial score (nSPS) is 13.7. The lowest BCUT2D eigenvalue weighted by Gasteiger charge is -2.23. The van der Waals surface area contributed by atoms with E-state index in [-0.39, 0.29) is 5.41 Å². The van der Waals surface area contributed by atoms with Gasteiger partial charge in [-0.1, -0.05) is 117 Å². The first-order valence-electron chi connectivity index (χ1n) is 17.8. The Kier molecular flexibility index (Phi) is 5.43. The van der Waals surface area contributed by atoms with E-state index in [0.29, 0.717) is 5.95 Å². The first kappa shape index (κ1) is 28.4. The number of rotatable bonds is 2. The van der Waals surface area contributed by atoms with E-state index >= 15 is 0 Å². The summed E-state index contributed by atoms with van der Waals surface area (Å²) in [5.41, 5.74) is 12.0. The monoisotopic (exact) mass is 683 g/mol. The number of fused-ring (bicyclic) bond motifs is 14. The molecule has 4 aromatic heterocycles. The van der Waals surface area contributed by atoms with E-state index in [1.54, 1.807) is 11.3 Å². The molecule has 244 valence electrons. The maximum absolute atomic E-state index is 6.59. The maximum Gasteiger partial charge on any atom is 0.235 e. The quantitative estimate of drug-likeness (QED) is 0.182. The van der Waals surface area contributed by atoms with Crippen molar-refractivity contribution >= 4 is 86.2 Å². The molecule has 0 N–H and O–H groups in total. The predicted octanol–water partition coefficient (Wildman–Crippen LogP) is 13.0. The van der Waals surface area contributed by atoms with Gasteiger partial charge in [0.25, 0.3) is 0 Å². The Labute approximate surface area is 302 Å². The van der Waals surface area contributed by atoms with Crippen LogP contribution in [-0.4, -0.2) is 14.5 Å². The van der Waals surface area contributed by atoms with Crippen molar-refractivity contribution in [3.63, 3.8) is 0 Å². The first-order chi connectivity index (χ1) is 25.5.